The maximum Gasteiger partial charge on any atom is 0.279 e. The molecule has 0 saturated carbocycles. The molecule has 0 saturated heterocycles. The molecular weight excluding hydrogens is 251 g/mol. The minimum absolute atomic E-state index is 0.0696. The second-order valence-electron chi connectivity index (χ2n) is 6.94. The van der Waals surface area contributed by atoms with Gasteiger partial charge in [-0.25, -0.2) is 0 Å². The third-order valence-corrected chi connectivity index (χ3v) is 4.88. The van der Waals surface area contributed by atoms with E-state index in [9.17, 15) is 0 Å². The van der Waals surface area contributed by atoms with Gasteiger partial charge < -0.3 is 9.39 Å². The van der Waals surface area contributed by atoms with Crippen LogP contribution >= 0.6 is 0 Å². The first-order valence-electron chi connectivity index (χ1n) is 7.20. The average molecular weight is 280 g/mol. The Balaban J connectivity index is 2.66. The van der Waals surface area contributed by atoms with Crippen molar-refractivity contribution in [3.8, 4) is 0 Å². The summed E-state index contributed by atoms with van der Waals surface area (Å²) in [6, 6.07) is 0. The first kappa shape index (κ1) is 17.2. The summed E-state index contributed by atoms with van der Waals surface area (Å²) in [4.78, 5) is 0. The summed E-state index contributed by atoms with van der Waals surface area (Å²) >= 11 is 0. The van der Waals surface area contributed by atoms with Gasteiger partial charge in [-0.1, -0.05) is 19.9 Å². The van der Waals surface area contributed by atoms with Crippen molar-refractivity contribution >= 4 is 13.7 Å². The molecule has 1 rings (SSSR count). The van der Waals surface area contributed by atoms with E-state index in [0.29, 0.717) is 13.3 Å². The van der Waals surface area contributed by atoms with Gasteiger partial charge in [0.15, 0.2) is 0 Å². The second kappa shape index (κ2) is 5.90. The number of rotatable bonds is 6. The molecule has 20 heavy (non-hydrogen) atoms. The minimum Gasteiger partial charge on any atom is -0.432 e. The highest BCUT2D eigenvalue weighted by Gasteiger charge is 2.40. The molecule has 0 aromatic carbocycles. The van der Waals surface area contributed by atoms with E-state index < -0.39 is 0 Å². The van der Waals surface area contributed by atoms with Crippen LogP contribution in [-0.4, -0.2) is 44.1 Å². The molecule has 1 aliphatic rings. The molecule has 0 radical (unpaired) electrons. The summed E-state index contributed by atoms with van der Waals surface area (Å²) in [7, 11) is 4.32. The van der Waals surface area contributed by atoms with Crippen LogP contribution in [0.15, 0.2) is 17.4 Å². The number of hydrazone groups is 1. The molecule has 1 aliphatic heterocycles. The van der Waals surface area contributed by atoms with Crippen molar-refractivity contribution in [1.82, 2.24) is 5.01 Å². The molecular formula is C15H29BN2O2. The Morgan fingerprint density at radius 2 is 1.85 bits per heavy atom. The van der Waals surface area contributed by atoms with E-state index in [1.54, 1.807) is 7.11 Å². The van der Waals surface area contributed by atoms with Gasteiger partial charge >= 0.3 is 0 Å². The lowest BCUT2D eigenvalue weighted by Gasteiger charge is -2.42. The normalized spacial score (nSPS) is 24.9. The number of allylic oxidation sites excluding steroid dienone is 1. The summed E-state index contributed by atoms with van der Waals surface area (Å²) < 4.78 is 11.7. The van der Waals surface area contributed by atoms with Gasteiger partial charge in [-0.3, -0.25) is 5.01 Å². The second-order valence-corrected chi connectivity index (χ2v) is 6.94. The van der Waals surface area contributed by atoms with Crippen molar-refractivity contribution in [2.45, 2.75) is 58.6 Å². The Hall–Kier alpha value is -0.805. The maximum absolute atomic E-state index is 6.16. The van der Waals surface area contributed by atoms with Gasteiger partial charge in [0.25, 0.3) is 7.48 Å². The van der Waals surface area contributed by atoms with Gasteiger partial charge in [0.05, 0.1) is 11.2 Å². The van der Waals surface area contributed by atoms with Crippen molar-refractivity contribution in [2.75, 3.05) is 14.2 Å². The highest BCUT2D eigenvalue weighted by Crippen LogP contribution is 2.36. The van der Waals surface area contributed by atoms with Crippen LogP contribution in [0.5, 0.6) is 0 Å². The molecule has 4 nitrogen and oxygen atoms in total. The monoisotopic (exact) mass is 280 g/mol. The molecule has 0 fully saturated rings. The molecule has 5 heteroatoms. The summed E-state index contributed by atoms with van der Waals surface area (Å²) in [5, 5.41) is 6.17. The summed E-state index contributed by atoms with van der Waals surface area (Å²) in [5.41, 5.74) is -0.747. The molecule has 0 bridgehead atoms. The van der Waals surface area contributed by atoms with E-state index in [0.717, 1.165) is 0 Å². The lowest BCUT2D eigenvalue weighted by Crippen LogP contribution is -2.50. The van der Waals surface area contributed by atoms with Crippen molar-refractivity contribution in [3.05, 3.63) is 12.3 Å². The number of hydrogen-bond donors (Lipinski definition) is 0. The van der Waals surface area contributed by atoms with Crippen LogP contribution in [0, 0.1) is 5.41 Å². The van der Waals surface area contributed by atoms with Gasteiger partial charge in [-0.2, -0.15) is 5.10 Å². The molecule has 0 amide bonds. The third-order valence-electron chi connectivity index (χ3n) is 4.88. The van der Waals surface area contributed by atoms with E-state index >= 15 is 0 Å². The van der Waals surface area contributed by atoms with Crippen LogP contribution in [0.3, 0.4) is 0 Å². The SMILES string of the molecule is COC(C)(C)C(C)(C)OBC(C)[C@@]1(C)C=CN(C)N=C1. The lowest BCUT2D eigenvalue weighted by atomic mass is 9.63. The Morgan fingerprint density at radius 3 is 2.30 bits per heavy atom. The predicted molar refractivity (Wildman–Crippen MR) is 86.3 cm³/mol. The molecule has 0 aromatic heterocycles. The van der Waals surface area contributed by atoms with Gasteiger partial charge in [-0.15, -0.1) is 0 Å². The maximum atomic E-state index is 6.16. The molecule has 114 valence electrons. The molecule has 0 N–H and O–H groups in total. The number of methoxy groups -OCH3 is 1. The van der Waals surface area contributed by atoms with E-state index in [1.165, 1.54) is 0 Å². The Labute approximate surface area is 124 Å². The first-order chi connectivity index (χ1) is 9.04. The van der Waals surface area contributed by atoms with Crippen molar-refractivity contribution in [2.24, 2.45) is 10.5 Å². The summed E-state index contributed by atoms with van der Waals surface area (Å²) in [6.07, 6.45) is 6.18. The van der Waals surface area contributed by atoms with Crippen molar-refractivity contribution < 1.29 is 9.39 Å². The predicted octanol–water partition coefficient (Wildman–Crippen LogP) is 2.82. The van der Waals surface area contributed by atoms with Crippen LogP contribution in [0.25, 0.3) is 0 Å². The van der Waals surface area contributed by atoms with Crippen LogP contribution in [0.1, 0.15) is 41.5 Å². The van der Waals surface area contributed by atoms with Crippen LogP contribution in [0.2, 0.25) is 5.82 Å². The van der Waals surface area contributed by atoms with Gasteiger partial charge in [0, 0.05) is 32.0 Å². The standard InChI is InChI=1S/C15H29BN2O2/c1-12(15(6)9-10-18(7)17-11-15)16-20-14(4,5)13(2,3)19-8/h9-12,16H,1-8H3/t12?,15-/m0/s1. The number of ether oxygens (including phenoxy) is 1. The van der Waals surface area contributed by atoms with Gasteiger partial charge in [-0.05, 0) is 33.5 Å². The molecule has 0 aromatic rings. The fourth-order valence-corrected chi connectivity index (χ4v) is 1.79. The topological polar surface area (TPSA) is 34.1 Å². The largest absolute Gasteiger partial charge is 0.432 e. The number of hydrogen-bond acceptors (Lipinski definition) is 4. The molecule has 1 unspecified atom stereocenters. The Bertz CT molecular complexity index is 377. The average Bonchev–Trinajstić information content (AvgIpc) is 2.39. The van der Waals surface area contributed by atoms with Crippen LogP contribution in [-0.2, 0) is 9.39 Å². The van der Waals surface area contributed by atoms with Crippen LogP contribution < -0.4 is 0 Å². The summed E-state index contributed by atoms with van der Waals surface area (Å²) in [6.45, 7) is 12.6. The van der Waals surface area contributed by atoms with Crippen LogP contribution in [0.4, 0.5) is 0 Å². The zero-order valence-corrected chi connectivity index (χ0v) is 14.2. The van der Waals surface area contributed by atoms with Crippen molar-refractivity contribution in [1.29, 1.82) is 0 Å². The molecule has 0 aliphatic carbocycles. The van der Waals surface area contributed by atoms with E-state index in [-0.39, 0.29) is 16.6 Å². The zero-order chi connectivity index (χ0) is 15.6. The van der Waals surface area contributed by atoms with Crippen molar-refractivity contribution in [3.63, 3.8) is 0 Å². The Morgan fingerprint density at radius 1 is 1.25 bits per heavy atom. The molecule has 0 spiro atoms. The highest BCUT2D eigenvalue weighted by atomic mass is 16.5. The smallest absolute Gasteiger partial charge is 0.279 e. The van der Waals surface area contributed by atoms with E-state index in [1.807, 2.05) is 24.5 Å². The fourth-order valence-electron chi connectivity index (χ4n) is 1.79. The summed E-state index contributed by atoms with van der Waals surface area (Å²) in [5.74, 6) is 0.336. The number of nitrogens with zero attached hydrogens (tertiary/aromatic N) is 2. The Kier molecular flexibility index (Phi) is 5.09. The highest BCUT2D eigenvalue weighted by molar-refractivity contribution is 6.30. The zero-order valence-electron chi connectivity index (χ0n) is 14.2. The fraction of sp³-hybridized carbons (Fsp3) is 0.800. The van der Waals surface area contributed by atoms with E-state index in [2.05, 4.69) is 52.7 Å². The molecule has 2 atom stereocenters. The molecule has 1 heterocycles. The third kappa shape index (κ3) is 3.64. The first-order valence-corrected chi connectivity index (χ1v) is 7.20. The van der Waals surface area contributed by atoms with E-state index in [4.69, 9.17) is 9.39 Å². The van der Waals surface area contributed by atoms with Gasteiger partial charge in [0.1, 0.15) is 0 Å². The van der Waals surface area contributed by atoms with Gasteiger partial charge in [0.2, 0.25) is 0 Å². The lowest BCUT2D eigenvalue weighted by molar-refractivity contribution is -0.115. The quantitative estimate of drug-likeness (QED) is 0.702. The minimum atomic E-state index is -0.349.